The molecular formula is C21H30F2N6. The van der Waals surface area contributed by atoms with Gasteiger partial charge in [0.25, 0.3) is 0 Å². The van der Waals surface area contributed by atoms with Crippen LogP contribution in [0.5, 0.6) is 0 Å². The molecule has 0 bridgehead atoms. The minimum absolute atomic E-state index is 0.160. The summed E-state index contributed by atoms with van der Waals surface area (Å²) in [4.78, 5) is 6.61. The fourth-order valence-electron chi connectivity index (χ4n) is 3.66. The van der Waals surface area contributed by atoms with Gasteiger partial charge in [-0.15, -0.1) is 0 Å². The summed E-state index contributed by atoms with van der Waals surface area (Å²) in [5.74, 6) is -0.301. The molecule has 6 nitrogen and oxygen atoms in total. The van der Waals surface area contributed by atoms with Crippen molar-refractivity contribution >= 4 is 11.6 Å². The summed E-state index contributed by atoms with van der Waals surface area (Å²) in [7, 11) is 0. The molecule has 2 heterocycles. The van der Waals surface area contributed by atoms with Gasteiger partial charge in [0.2, 0.25) is 0 Å². The number of aromatic nitrogens is 2. The summed E-state index contributed by atoms with van der Waals surface area (Å²) in [6.45, 7) is 9.76. The highest BCUT2D eigenvalue weighted by Gasteiger charge is 2.25. The molecule has 0 amide bonds. The van der Waals surface area contributed by atoms with Crippen LogP contribution in [0.4, 0.5) is 14.5 Å². The van der Waals surface area contributed by atoms with Crippen molar-refractivity contribution in [3.63, 3.8) is 0 Å². The van der Waals surface area contributed by atoms with E-state index in [0.717, 1.165) is 55.9 Å². The minimum Gasteiger partial charge on any atom is -0.367 e. The van der Waals surface area contributed by atoms with Crippen LogP contribution in [0.3, 0.4) is 0 Å². The first-order valence-corrected chi connectivity index (χ1v) is 10.2. The van der Waals surface area contributed by atoms with Gasteiger partial charge >= 0.3 is 0 Å². The molecule has 1 saturated heterocycles. The normalized spacial score (nSPS) is 17.1. The number of hydrogen-bond acceptors (Lipinski definition) is 3. The molecule has 8 heteroatoms. The number of hydrogen-bond donors (Lipinski definition) is 2. The average molecular weight is 405 g/mol. The number of nitrogens with one attached hydrogen (secondary N) is 2. The Hall–Kier alpha value is -2.64. The standard InChI is InChI=1S/C21H30F2N6/c1-4-24-21(25-9-5-10-29-16(3)12-15(2)27-29)26-18-8-11-28(14-18)20-7-6-17(22)13-19(20)23/h6-7,12-13,18H,4-5,8-11,14H2,1-3H3,(H2,24,25,26). The zero-order valence-electron chi connectivity index (χ0n) is 17.4. The van der Waals surface area contributed by atoms with Gasteiger partial charge in [-0.05, 0) is 51.8 Å². The van der Waals surface area contributed by atoms with E-state index < -0.39 is 11.6 Å². The van der Waals surface area contributed by atoms with Gasteiger partial charge < -0.3 is 15.5 Å². The van der Waals surface area contributed by atoms with Crippen LogP contribution in [-0.2, 0) is 6.54 Å². The Morgan fingerprint density at radius 2 is 2.10 bits per heavy atom. The molecule has 1 fully saturated rings. The second-order valence-corrected chi connectivity index (χ2v) is 7.44. The lowest BCUT2D eigenvalue weighted by Gasteiger charge is -2.21. The number of aliphatic imine (C=N–C) groups is 1. The molecule has 2 aromatic rings. The summed E-state index contributed by atoms with van der Waals surface area (Å²) >= 11 is 0. The fourth-order valence-corrected chi connectivity index (χ4v) is 3.66. The molecule has 2 N–H and O–H groups in total. The Morgan fingerprint density at radius 1 is 1.28 bits per heavy atom. The minimum atomic E-state index is -0.554. The Bertz CT molecular complexity index is 848. The van der Waals surface area contributed by atoms with Crippen LogP contribution in [0.2, 0.25) is 0 Å². The molecule has 1 aliphatic rings. The summed E-state index contributed by atoms with van der Waals surface area (Å²) in [5.41, 5.74) is 2.64. The number of benzene rings is 1. The van der Waals surface area contributed by atoms with Crippen LogP contribution in [0, 0.1) is 25.5 Å². The van der Waals surface area contributed by atoms with Crippen LogP contribution >= 0.6 is 0 Å². The molecule has 1 aliphatic heterocycles. The maximum Gasteiger partial charge on any atom is 0.191 e. The van der Waals surface area contributed by atoms with Crippen molar-refractivity contribution in [2.75, 3.05) is 31.1 Å². The summed E-state index contributed by atoms with van der Waals surface area (Å²) in [6.07, 6.45) is 1.77. The summed E-state index contributed by atoms with van der Waals surface area (Å²) in [6, 6.07) is 5.97. The van der Waals surface area contributed by atoms with E-state index in [1.807, 2.05) is 23.4 Å². The van der Waals surface area contributed by atoms with Crippen LogP contribution in [0.15, 0.2) is 29.3 Å². The van der Waals surface area contributed by atoms with Gasteiger partial charge in [0.15, 0.2) is 5.96 Å². The van der Waals surface area contributed by atoms with E-state index in [2.05, 4.69) is 33.7 Å². The van der Waals surface area contributed by atoms with Crippen LogP contribution < -0.4 is 15.5 Å². The number of nitrogens with zero attached hydrogens (tertiary/aromatic N) is 4. The molecular weight excluding hydrogens is 374 g/mol. The van der Waals surface area contributed by atoms with Crippen molar-refractivity contribution in [2.24, 2.45) is 4.99 Å². The van der Waals surface area contributed by atoms with Gasteiger partial charge in [-0.1, -0.05) is 0 Å². The van der Waals surface area contributed by atoms with E-state index >= 15 is 0 Å². The Labute approximate surface area is 171 Å². The second-order valence-electron chi connectivity index (χ2n) is 7.44. The Morgan fingerprint density at radius 3 is 2.79 bits per heavy atom. The van der Waals surface area contributed by atoms with Crippen molar-refractivity contribution in [1.82, 2.24) is 20.4 Å². The molecule has 0 radical (unpaired) electrons. The topological polar surface area (TPSA) is 57.5 Å². The van der Waals surface area contributed by atoms with Gasteiger partial charge in [0.05, 0.1) is 11.4 Å². The van der Waals surface area contributed by atoms with E-state index in [1.54, 1.807) is 0 Å². The first-order chi connectivity index (χ1) is 14.0. The fraction of sp³-hybridized carbons (Fsp3) is 0.524. The number of rotatable bonds is 7. The lowest BCUT2D eigenvalue weighted by atomic mass is 10.2. The number of halogens is 2. The maximum atomic E-state index is 14.0. The number of guanidine groups is 1. The zero-order chi connectivity index (χ0) is 20.8. The predicted octanol–water partition coefficient (Wildman–Crippen LogP) is 3.00. The van der Waals surface area contributed by atoms with Crippen molar-refractivity contribution in [3.8, 4) is 0 Å². The zero-order valence-corrected chi connectivity index (χ0v) is 17.4. The second kappa shape index (κ2) is 9.71. The molecule has 158 valence electrons. The van der Waals surface area contributed by atoms with Crippen LogP contribution in [0.1, 0.15) is 31.2 Å². The maximum absolute atomic E-state index is 14.0. The van der Waals surface area contributed by atoms with Crippen molar-refractivity contribution in [2.45, 2.75) is 46.2 Å². The summed E-state index contributed by atoms with van der Waals surface area (Å²) in [5, 5.41) is 11.2. The molecule has 1 unspecified atom stereocenters. The lowest BCUT2D eigenvalue weighted by Crippen LogP contribution is -2.44. The first-order valence-electron chi connectivity index (χ1n) is 10.2. The molecule has 0 aliphatic carbocycles. The Kier molecular flexibility index (Phi) is 7.06. The van der Waals surface area contributed by atoms with Gasteiger partial charge in [0.1, 0.15) is 11.6 Å². The molecule has 0 spiro atoms. The van der Waals surface area contributed by atoms with Crippen molar-refractivity contribution in [3.05, 3.63) is 47.3 Å². The first kappa shape index (κ1) is 21.1. The number of aryl methyl sites for hydroxylation is 3. The average Bonchev–Trinajstić information content (AvgIpc) is 3.24. The highest BCUT2D eigenvalue weighted by Crippen LogP contribution is 2.24. The third kappa shape index (κ3) is 5.68. The van der Waals surface area contributed by atoms with Crippen LogP contribution in [-0.4, -0.2) is 48.0 Å². The largest absolute Gasteiger partial charge is 0.367 e. The number of anilines is 1. The third-order valence-corrected chi connectivity index (χ3v) is 5.03. The molecule has 1 atom stereocenters. The Balaban J connectivity index is 1.52. The van der Waals surface area contributed by atoms with E-state index in [1.165, 1.54) is 12.1 Å². The SMILES string of the molecule is CCNC(=NCCCn1nc(C)cc1C)NC1CCN(c2ccc(F)cc2F)C1. The van der Waals surface area contributed by atoms with Crippen LogP contribution in [0.25, 0.3) is 0 Å². The summed E-state index contributed by atoms with van der Waals surface area (Å²) < 4.78 is 29.2. The molecule has 3 rings (SSSR count). The molecule has 0 saturated carbocycles. The smallest absolute Gasteiger partial charge is 0.191 e. The monoisotopic (exact) mass is 404 g/mol. The van der Waals surface area contributed by atoms with Crippen molar-refractivity contribution in [1.29, 1.82) is 0 Å². The highest BCUT2D eigenvalue weighted by atomic mass is 19.1. The van der Waals surface area contributed by atoms with Gasteiger partial charge in [-0.25, -0.2) is 8.78 Å². The molecule has 29 heavy (non-hydrogen) atoms. The van der Waals surface area contributed by atoms with Gasteiger partial charge in [-0.3, -0.25) is 9.67 Å². The van der Waals surface area contributed by atoms with Crippen molar-refractivity contribution < 1.29 is 8.78 Å². The van der Waals surface area contributed by atoms with E-state index in [9.17, 15) is 8.78 Å². The lowest BCUT2D eigenvalue weighted by molar-refractivity contribution is 0.565. The third-order valence-electron chi connectivity index (χ3n) is 5.03. The van der Waals surface area contributed by atoms with Gasteiger partial charge in [0, 0.05) is 50.5 Å². The highest BCUT2D eigenvalue weighted by molar-refractivity contribution is 5.80. The van der Waals surface area contributed by atoms with E-state index in [0.29, 0.717) is 18.8 Å². The molecule has 1 aromatic heterocycles. The van der Waals surface area contributed by atoms with E-state index in [4.69, 9.17) is 0 Å². The van der Waals surface area contributed by atoms with Gasteiger partial charge in [-0.2, -0.15) is 5.10 Å². The van der Waals surface area contributed by atoms with E-state index in [-0.39, 0.29) is 6.04 Å². The predicted molar refractivity (Wildman–Crippen MR) is 112 cm³/mol. The quantitative estimate of drug-likeness (QED) is 0.423. The molecule has 1 aromatic carbocycles.